The number of fused-ring (bicyclic) bond motifs is 1. The Balaban J connectivity index is 0.000000169. The Kier molecular flexibility index (Phi) is 4.58. The van der Waals surface area contributed by atoms with Crippen LogP contribution in [-0.2, 0) is 33.4 Å². The number of nitrogens with zero attached hydrogens (tertiary/aromatic N) is 2. The molecule has 1 aliphatic carbocycles. The van der Waals surface area contributed by atoms with Gasteiger partial charge in [-0.3, -0.25) is 0 Å². The summed E-state index contributed by atoms with van der Waals surface area (Å²) in [4.78, 5) is 0. The Morgan fingerprint density at radius 2 is 1.50 bits per heavy atom. The molecule has 0 radical (unpaired) electrons. The quantitative estimate of drug-likeness (QED) is 0.691. The summed E-state index contributed by atoms with van der Waals surface area (Å²) in [5.74, 6) is 0. The summed E-state index contributed by atoms with van der Waals surface area (Å²) in [6, 6.07) is 8.96. The summed E-state index contributed by atoms with van der Waals surface area (Å²) in [6.45, 7) is 0. The molecule has 0 amide bonds. The van der Waals surface area contributed by atoms with E-state index in [-0.39, 0.29) is 0 Å². The third-order valence-electron chi connectivity index (χ3n) is 3.52. The number of hydrogen-bond donors (Lipinski definition) is 1. The Bertz CT molecular complexity index is 534. The van der Waals surface area contributed by atoms with E-state index in [0.29, 0.717) is 6.04 Å². The van der Waals surface area contributed by atoms with Crippen molar-refractivity contribution in [2.45, 2.75) is 31.7 Å². The monoisotopic (exact) mass is 426 g/mol. The second-order valence-electron chi connectivity index (χ2n) is 4.89. The van der Waals surface area contributed by atoms with Crippen LogP contribution in [0.3, 0.4) is 0 Å². The Morgan fingerprint density at radius 3 is 1.83 bits per heavy atom. The van der Waals surface area contributed by atoms with Crippen LogP contribution < -0.4 is 5.73 Å². The summed E-state index contributed by atoms with van der Waals surface area (Å²) >= 11 is 2.33. The van der Waals surface area contributed by atoms with Crippen LogP contribution in [0.15, 0.2) is 24.3 Å². The number of rotatable bonds is 0. The van der Waals surface area contributed by atoms with Gasteiger partial charge in [0, 0.05) is 6.04 Å². The van der Waals surface area contributed by atoms with Gasteiger partial charge in [-0.1, -0.05) is 12.8 Å². The first-order valence-electron chi connectivity index (χ1n) is 6.42. The van der Waals surface area contributed by atoms with Gasteiger partial charge in [0.05, 0.1) is 0 Å². The molecule has 1 saturated carbocycles. The van der Waals surface area contributed by atoms with Crippen LogP contribution in [0.1, 0.15) is 25.7 Å². The molecule has 1 aromatic carbocycles. The summed E-state index contributed by atoms with van der Waals surface area (Å²) in [7, 11) is 4.18. The molecule has 0 bridgehead atoms. The average molecular weight is 426 g/mol. The van der Waals surface area contributed by atoms with Crippen molar-refractivity contribution in [3.63, 3.8) is 0 Å². The Hall–Kier alpha value is -0.662. The third kappa shape index (κ3) is 2.84. The standard InChI is InChI=1S/C9H10N2.C5H11N.Pt/c1-10-7-11(2)9-6-4-3-5-8(9)10;6-5-3-1-2-4-5;/h3-6H,1-2H3;5H,1-4,6H2;. The number of para-hydroxylation sites is 2. The maximum atomic E-state index is 5.53. The summed E-state index contributed by atoms with van der Waals surface area (Å²) in [5, 5.41) is 0. The molecule has 0 unspecified atom stereocenters. The molecule has 0 saturated heterocycles. The van der Waals surface area contributed by atoms with Gasteiger partial charge in [0.15, 0.2) is 0 Å². The SMILES string of the molecule is Cn1[c](=[Pt])n(C)c2ccccc21.NC1CCCC1. The molecule has 3 rings (SSSR count). The van der Waals surface area contributed by atoms with Gasteiger partial charge in [-0.2, -0.15) is 0 Å². The minimum absolute atomic E-state index is 0.546. The zero-order valence-electron chi connectivity index (χ0n) is 11.0. The molecule has 0 aliphatic heterocycles. The van der Waals surface area contributed by atoms with Crippen LogP contribution in [0.5, 0.6) is 0 Å². The Morgan fingerprint density at radius 1 is 1.06 bits per heavy atom. The molecule has 102 valence electrons. The first-order chi connectivity index (χ1) is 8.61. The fourth-order valence-electron chi connectivity index (χ4n) is 2.40. The molecule has 1 aliphatic rings. The number of nitrogens with two attached hydrogens (primary N) is 1. The zero-order valence-corrected chi connectivity index (χ0v) is 13.3. The van der Waals surface area contributed by atoms with Gasteiger partial charge >= 0.3 is 81.7 Å². The fraction of sp³-hybridized carbons (Fsp3) is 0.500. The number of hydrogen-bond acceptors (Lipinski definition) is 1. The molecular formula is C14H21N3Pt. The zero-order chi connectivity index (χ0) is 13.1. The molecule has 4 heteroatoms. The molecule has 1 heterocycles. The average Bonchev–Trinajstić information content (AvgIpc) is 2.94. The van der Waals surface area contributed by atoms with Crippen molar-refractivity contribution in [2.75, 3.05) is 0 Å². The van der Waals surface area contributed by atoms with Crippen LogP contribution >= 0.6 is 0 Å². The molecule has 1 fully saturated rings. The van der Waals surface area contributed by atoms with Crippen molar-refractivity contribution in [1.82, 2.24) is 9.13 Å². The third-order valence-corrected chi connectivity index (χ3v) is 5.04. The predicted molar refractivity (Wildman–Crippen MR) is 71.6 cm³/mol. The maximum Gasteiger partial charge on any atom is 0.00388 e. The molecule has 1 aromatic heterocycles. The minimum atomic E-state index is 0.546. The second kappa shape index (κ2) is 5.99. The first-order valence-corrected chi connectivity index (χ1v) is 7.56. The summed E-state index contributed by atoms with van der Waals surface area (Å²) < 4.78 is 5.63. The van der Waals surface area contributed by atoms with Crippen LogP contribution in [-0.4, -0.2) is 15.2 Å². The van der Waals surface area contributed by atoms with Crippen molar-refractivity contribution < 1.29 is 19.4 Å². The normalized spacial score (nSPS) is 15.8. The van der Waals surface area contributed by atoms with Gasteiger partial charge in [-0.25, -0.2) is 0 Å². The molecule has 0 atom stereocenters. The van der Waals surface area contributed by atoms with Gasteiger partial charge in [0.1, 0.15) is 0 Å². The summed E-state index contributed by atoms with van der Waals surface area (Å²) in [5.41, 5.74) is 8.10. The van der Waals surface area contributed by atoms with Crippen LogP contribution in [0.25, 0.3) is 11.0 Å². The van der Waals surface area contributed by atoms with Crippen molar-refractivity contribution >= 4 is 11.0 Å². The largest absolute Gasteiger partial charge is 0.328 e. The van der Waals surface area contributed by atoms with Gasteiger partial charge in [0.2, 0.25) is 0 Å². The number of aromatic nitrogens is 2. The van der Waals surface area contributed by atoms with Gasteiger partial charge in [0.25, 0.3) is 0 Å². The van der Waals surface area contributed by atoms with E-state index in [2.05, 4.69) is 66.8 Å². The topological polar surface area (TPSA) is 35.9 Å². The molecule has 18 heavy (non-hydrogen) atoms. The first kappa shape index (κ1) is 13.8. The van der Waals surface area contributed by atoms with E-state index in [1.807, 2.05) is 0 Å². The van der Waals surface area contributed by atoms with E-state index in [1.54, 1.807) is 0 Å². The van der Waals surface area contributed by atoms with Gasteiger partial charge in [-0.15, -0.1) is 0 Å². The molecule has 3 nitrogen and oxygen atoms in total. The second-order valence-corrected chi connectivity index (χ2v) is 5.91. The Labute approximate surface area is 119 Å². The number of benzene rings is 1. The molecular weight excluding hydrogens is 405 g/mol. The van der Waals surface area contributed by atoms with E-state index >= 15 is 0 Å². The van der Waals surface area contributed by atoms with E-state index in [1.165, 1.54) is 40.5 Å². The van der Waals surface area contributed by atoms with Gasteiger partial charge in [-0.05, 0) is 12.8 Å². The maximum absolute atomic E-state index is 5.53. The van der Waals surface area contributed by atoms with E-state index in [9.17, 15) is 0 Å². The fourth-order valence-corrected chi connectivity index (χ4v) is 2.95. The van der Waals surface area contributed by atoms with Crippen molar-refractivity contribution in [3.05, 3.63) is 28.1 Å². The molecule has 2 N–H and O–H groups in total. The van der Waals surface area contributed by atoms with Crippen molar-refractivity contribution in [1.29, 1.82) is 0 Å². The van der Waals surface area contributed by atoms with Crippen LogP contribution in [0, 0.1) is 3.80 Å². The van der Waals surface area contributed by atoms with Crippen molar-refractivity contribution in [3.8, 4) is 0 Å². The number of aryl methyl sites for hydroxylation is 2. The number of imidazole rings is 1. The minimum Gasteiger partial charge on any atom is -0.328 e. The molecule has 0 spiro atoms. The molecule has 2 aromatic rings. The smallest absolute Gasteiger partial charge is 0.00388 e. The van der Waals surface area contributed by atoms with Gasteiger partial charge < -0.3 is 5.73 Å². The van der Waals surface area contributed by atoms with Crippen LogP contribution in [0.4, 0.5) is 0 Å². The van der Waals surface area contributed by atoms with E-state index < -0.39 is 0 Å². The van der Waals surface area contributed by atoms with E-state index in [0.717, 1.165) is 0 Å². The van der Waals surface area contributed by atoms with E-state index in [4.69, 9.17) is 5.73 Å². The summed E-state index contributed by atoms with van der Waals surface area (Å²) in [6.07, 6.45) is 5.25. The van der Waals surface area contributed by atoms with Crippen molar-refractivity contribution in [2.24, 2.45) is 19.8 Å². The predicted octanol–water partition coefficient (Wildman–Crippen LogP) is 2.48. The van der Waals surface area contributed by atoms with Crippen LogP contribution in [0.2, 0.25) is 0 Å².